The van der Waals surface area contributed by atoms with Crippen molar-refractivity contribution >= 4 is 41.0 Å². The van der Waals surface area contributed by atoms with Crippen molar-refractivity contribution in [1.29, 1.82) is 0 Å². The van der Waals surface area contributed by atoms with Crippen LogP contribution >= 0.6 is 23.6 Å². The smallest absolute Gasteiger partial charge is 0.269 e. The molecule has 0 radical (unpaired) electrons. The summed E-state index contributed by atoms with van der Waals surface area (Å²) >= 11 is 6.32. The van der Waals surface area contributed by atoms with E-state index >= 15 is 0 Å². The second-order valence-electron chi connectivity index (χ2n) is 5.14. The molecule has 1 heterocycles. The number of halogens is 1. The highest BCUT2D eigenvalue weighted by atomic mass is 32.1. The van der Waals surface area contributed by atoms with Gasteiger partial charge in [0.05, 0.1) is 5.69 Å². The number of aryl methyl sites for hydroxylation is 1. The molecule has 0 aliphatic heterocycles. The number of benzene rings is 2. The monoisotopic (exact) mass is 359 g/mol. The van der Waals surface area contributed by atoms with Crippen LogP contribution < -0.4 is 11.1 Å². The number of thiazole rings is 1. The topological polar surface area (TPSA) is 60.0 Å². The normalized spacial score (nSPS) is 10.6. The zero-order valence-corrected chi connectivity index (χ0v) is 14.4. The molecule has 4 nitrogen and oxygen atoms in total. The number of nitrogens with zero attached hydrogens (tertiary/aromatic N) is 1. The van der Waals surface area contributed by atoms with Gasteiger partial charge in [-0.2, -0.15) is 0 Å². The van der Waals surface area contributed by atoms with Crippen LogP contribution in [0.25, 0.3) is 5.69 Å². The third kappa shape index (κ3) is 2.95. The molecule has 0 spiro atoms. The fraction of sp³-hybridized carbons (Fsp3) is 0.0588. The summed E-state index contributed by atoms with van der Waals surface area (Å²) < 4.78 is 15.7. The van der Waals surface area contributed by atoms with Gasteiger partial charge in [-0.25, -0.2) is 4.39 Å². The molecule has 0 atom stereocenters. The van der Waals surface area contributed by atoms with Gasteiger partial charge in [-0.1, -0.05) is 41.7 Å². The van der Waals surface area contributed by atoms with E-state index in [1.807, 2.05) is 25.1 Å². The Labute approximate surface area is 147 Å². The lowest BCUT2D eigenvalue weighted by Crippen LogP contribution is -2.14. The number of amides is 1. The molecule has 3 N–H and O–H groups in total. The van der Waals surface area contributed by atoms with Gasteiger partial charge >= 0.3 is 0 Å². The second-order valence-corrected chi connectivity index (χ2v) is 6.78. The zero-order chi connectivity index (χ0) is 17.3. The first-order valence-electron chi connectivity index (χ1n) is 7.12. The highest BCUT2D eigenvalue weighted by molar-refractivity contribution is 7.73. The summed E-state index contributed by atoms with van der Waals surface area (Å²) in [5.41, 5.74) is 7.93. The van der Waals surface area contributed by atoms with Crippen LogP contribution in [-0.2, 0) is 0 Å². The van der Waals surface area contributed by atoms with Gasteiger partial charge in [-0.3, -0.25) is 9.36 Å². The van der Waals surface area contributed by atoms with Crippen molar-refractivity contribution in [2.45, 2.75) is 6.92 Å². The Balaban J connectivity index is 2.01. The van der Waals surface area contributed by atoms with Crippen molar-refractivity contribution < 1.29 is 9.18 Å². The van der Waals surface area contributed by atoms with E-state index in [1.165, 1.54) is 10.6 Å². The number of aromatic nitrogens is 1. The number of hydrogen-bond acceptors (Lipinski definition) is 4. The number of para-hydroxylation sites is 2. The summed E-state index contributed by atoms with van der Waals surface area (Å²) in [5.74, 6) is -0.696. The van der Waals surface area contributed by atoms with Crippen LogP contribution in [0.5, 0.6) is 0 Å². The number of carbonyl (C=O) groups is 1. The predicted molar refractivity (Wildman–Crippen MR) is 98.0 cm³/mol. The lowest BCUT2D eigenvalue weighted by atomic mass is 10.2. The standard InChI is InChI=1S/C17H14FN3OS2/c1-10-6-2-4-8-12(10)20-16(22)14-15(19)21(17(23)24-14)13-9-5-3-7-11(13)18/h2-9H,19H2,1H3,(H,20,22). The average Bonchev–Trinajstić information content (AvgIpc) is 2.85. The molecule has 2 aromatic carbocycles. The SMILES string of the molecule is Cc1ccccc1NC(=O)c1sc(=S)n(-c2ccccc2F)c1N. The van der Waals surface area contributed by atoms with Crippen LogP contribution in [0.2, 0.25) is 0 Å². The molecular formula is C17H14FN3OS2. The van der Waals surface area contributed by atoms with Gasteiger partial charge in [0.15, 0.2) is 3.95 Å². The summed E-state index contributed by atoms with van der Waals surface area (Å²) in [4.78, 5) is 12.8. The first-order chi connectivity index (χ1) is 11.5. The number of nitrogens with two attached hydrogens (primary N) is 1. The Kier molecular flexibility index (Phi) is 4.46. The molecule has 7 heteroatoms. The minimum atomic E-state index is -0.455. The highest BCUT2D eigenvalue weighted by Crippen LogP contribution is 2.28. The van der Waals surface area contributed by atoms with Crippen LogP contribution in [-0.4, -0.2) is 10.5 Å². The molecule has 0 saturated carbocycles. The number of anilines is 2. The van der Waals surface area contributed by atoms with Crippen molar-refractivity contribution in [2.24, 2.45) is 0 Å². The Bertz CT molecular complexity index is 978. The maximum atomic E-state index is 14.0. The molecule has 1 aromatic heterocycles. The summed E-state index contributed by atoms with van der Waals surface area (Å²) in [5, 5.41) is 2.81. The number of nitrogens with one attached hydrogen (secondary N) is 1. The van der Waals surface area contributed by atoms with Gasteiger partial charge in [0.25, 0.3) is 5.91 Å². The molecule has 0 fully saturated rings. The molecule has 3 rings (SSSR count). The van der Waals surface area contributed by atoms with E-state index in [9.17, 15) is 9.18 Å². The Morgan fingerprint density at radius 1 is 1.21 bits per heavy atom. The summed E-state index contributed by atoms with van der Waals surface area (Å²) in [7, 11) is 0. The average molecular weight is 359 g/mol. The first-order valence-corrected chi connectivity index (χ1v) is 8.34. The Hall–Kier alpha value is -2.51. The van der Waals surface area contributed by atoms with Gasteiger partial charge < -0.3 is 11.1 Å². The minimum Gasteiger partial charge on any atom is -0.383 e. The highest BCUT2D eigenvalue weighted by Gasteiger charge is 2.20. The second kappa shape index (κ2) is 6.54. The van der Waals surface area contributed by atoms with E-state index in [4.69, 9.17) is 18.0 Å². The Morgan fingerprint density at radius 2 is 1.88 bits per heavy atom. The molecule has 3 aromatic rings. The quantitative estimate of drug-likeness (QED) is 0.675. The van der Waals surface area contributed by atoms with E-state index in [-0.39, 0.29) is 22.3 Å². The number of carbonyl (C=O) groups excluding carboxylic acids is 1. The summed E-state index contributed by atoms with van der Waals surface area (Å²) in [6.07, 6.45) is 0. The van der Waals surface area contributed by atoms with Crippen molar-refractivity contribution in [3.05, 3.63) is 68.7 Å². The van der Waals surface area contributed by atoms with Crippen molar-refractivity contribution in [3.8, 4) is 5.69 Å². The van der Waals surface area contributed by atoms with Crippen LogP contribution in [0.4, 0.5) is 15.9 Å². The lowest BCUT2D eigenvalue weighted by molar-refractivity contribution is 0.103. The Morgan fingerprint density at radius 3 is 2.58 bits per heavy atom. The predicted octanol–water partition coefficient (Wildman–Crippen LogP) is 4.55. The number of rotatable bonds is 3. The van der Waals surface area contributed by atoms with Crippen LogP contribution in [0.15, 0.2) is 48.5 Å². The van der Waals surface area contributed by atoms with Gasteiger partial charge in [0.1, 0.15) is 16.5 Å². The molecule has 122 valence electrons. The maximum Gasteiger partial charge on any atom is 0.269 e. The first kappa shape index (κ1) is 16.4. The van der Waals surface area contributed by atoms with Crippen LogP contribution in [0.1, 0.15) is 15.2 Å². The largest absolute Gasteiger partial charge is 0.383 e. The van der Waals surface area contributed by atoms with E-state index in [0.717, 1.165) is 16.9 Å². The molecule has 24 heavy (non-hydrogen) atoms. The van der Waals surface area contributed by atoms with E-state index in [0.29, 0.717) is 9.64 Å². The minimum absolute atomic E-state index is 0.126. The third-order valence-corrected chi connectivity index (χ3v) is 4.93. The molecule has 1 amide bonds. The summed E-state index contributed by atoms with van der Waals surface area (Å²) in [6.45, 7) is 1.89. The van der Waals surface area contributed by atoms with Crippen LogP contribution in [0.3, 0.4) is 0 Å². The number of hydrogen-bond donors (Lipinski definition) is 2. The van der Waals surface area contributed by atoms with E-state index < -0.39 is 5.82 Å². The van der Waals surface area contributed by atoms with Gasteiger partial charge in [-0.15, -0.1) is 0 Å². The molecule has 0 bridgehead atoms. The molecule has 0 aliphatic carbocycles. The molecule has 0 aliphatic rings. The van der Waals surface area contributed by atoms with Crippen LogP contribution in [0, 0.1) is 16.7 Å². The summed E-state index contributed by atoms with van der Waals surface area (Å²) in [6, 6.07) is 13.6. The molecule has 0 saturated heterocycles. The maximum absolute atomic E-state index is 14.0. The lowest BCUT2D eigenvalue weighted by Gasteiger charge is -2.09. The molecule has 0 unspecified atom stereocenters. The molecular weight excluding hydrogens is 345 g/mol. The van der Waals surface area contributed by atoms with Crippen molar-refractivity contribution in [2.75, 3.05) is 11.1 Å². The van der Waals surface area contributed by atoms with Gasteiger partial charge in [-0.05, 0) is 42.9 Å². The van der Waals surface area contributed by atoms with Crippen molar-refractivity contribution in [3.63, 3.8) is 0 Å². The van der Waals surface area contributed by atoms with Crippen molar-refractivity contribution in [1.82, 2.24) is 4.57 Å². The fourth-order valence-electron chi connectivity index (χ4n) is 2.30. The zero-order valence-electron chi connectivity index (χ0n) is 12.7. The van der Waals surface area contributed by atoms with Gasteiger partial charge in [0.2, 0.25) is 0 Å². The third-order valence-electron chi connectivity index (χ3n) is 3.54. The van der Waals surface area contributed by atoms with E-state index in [1.54, 1.807) is 24.3 Å². The number of nitrogen functional groups attached to an aromatic ring is 1. The fourth-order valence-corrected chi connectivity index (χ4v) is 3.55. The van der Waals surface area contributed by atoms with E-state index in [2.05, 4.69) is 5.32 Å². The van der Waals surface area contributed by atoms with Gasteiger partial charge in [0, 0.05) is 5.69 Å².